The number of carbonyl (C=O) groups is 2. The van der Waals surface area contributed by atoms with Crippen molar-refractivity contribution >= 4 is 34.0 Å². The maximum absolute atomic E-state index is 12.6. The molecule has 0 aliphatic carbocycles. The summed E-state index contributed by atoms with van der Waals surface area (Å²) in [5.41, 5.74) is 3.25. The van der Waals surface area contributed by atoms with Crippen LogP contribution in [0.1, 0.15) is 29.3 Å². The molecular weight excluding hydrogens is 516 g/mol. The second-order valence-electron chi connectivity index (χ2n) is 7.18. The van der Waals surface area contributed by atoms with E-state index in [1.165, 1.54) is 13.3 Å². The Bertz CT molecular complexity index is 1180. The number of halogens is 1. The van der Waals surface area contributed by atoms with Crippen molar-refractivity contribution in [2.24, 2.45) is 5.10 Å². The number of nitrogens with one attached hydrogen (secondary N) is 1. The van der Waals surface area contributed by atoms with Gasteiger partial charge in [0.25, 0.3) is 5.91 Å². The maximum Gasteiger partial charge on any atom is 0.343 e. The molecule has 8 nitrogen and oxygen atoms in total. The molecule has 35 heavy (non-hydrogen) atoms. The van der Waals surface area contributed by atoms with Crippen LogP contribution in [0, 0.1) is 0 Å². The van der Waals surface area contributed by atoms with Crippen LogP contribution in [0.5, 0.6) is 23.0 Å². The zero-order valence-electron chi connectivity index (χ0n) is 19.3. The Balaban J connectivity index is 1.60. The van der Waals surface area contributed by atoms with E-state index in [0.717, 1.165) is 10.9 Å². The molecule has 0 aliphatic heterocycles. The standard InChI is InChI=1S/C26H25BrN2O6/c1-3-14-33-21-11-8-18(9-12-21)26(31)35-22-13-10-20(27)15-19(22)16-28-29-25(30)17-34-24-7-5-4-6-23(24)32-2/h4-13,15-16H,3,14,17H2,1-2H3,(H,29,30)/b28-16+. The first-order chi connectivity index (χ1) is 17.0. The first-order valence-corrected chi connectivity index (χ1v) is 11.6. The molecule has 3 aromatic carbocycles. The van der Waals surface area contributed by atoms with Crippen LogP contribution >= 0.6 is 15.9 Å². The van der Waals surface area contributed by atoms with Gasteiger partial charge in [0.1, 0.15) is 11.5 Å². The smallest absolute Gasteiger partial charge is 0.343 e. The second kappa shape index (κ2) is 13.1. The van der Waals surface area contributed by atoms with Crippen molar-refractivity contribution in [2.75, 3.05) is 20.3 Å². The molecule has 0 saturated carbocycles. The van der Waals surface area contributed by atoms with Gasteiger partial charge in [-0.25, -0.2) is 10.2 Å². The fourth-order valence-electron chi connectivity index (χ4n) is 2.87. The lowest BCUT2D eigenvalue weighted by atomic mass is 10.2. The van der Waals surface area contributed by atoms with Gasteiger partial charge in [0.2, 0.25) is 0 Å². The summed E-state index contributed by atoms with van der Waals surface area (Å²) < 4.78 is 22.5. The number of para-hydroxylation sites is 2. The summed E-state index contributed by atoms with van der Waals surface area (Å²) in [6.45, 7) is 2.37. The van der Waals surface area contributed by atoms with Gasteiger partial charge in [0, 0.05) is 10.0 Å². The number of methoxy groups -OCH3 is 1. The molecule has 0 aliphatic rings. The fraction of sp³-hybridized carbons (Fsp3) is 0.192. The molecule has 0 bridgehead atoms. The predicted octanol–water partition coefficient (Wildman–Crippen LogP) is 4.99. The van der Waals surface area contributed by atoms with E-state index in [2.05, 4.69) is 26.5 Å². The fourth-order valence-corrected chi connectivity index (χ4v) is 3.25. The van der Waals surface area contributed by atoms with Crippen molar-refractivity contribution in [3.05, 3.63) is 82.3 Å². The molecule has 0 heterocycles. The molecule has 1 N–H and O–H groups in total. The van der Waals surface area contributed by atoms with Gasteiger partial charge in [-0.05, 0) is 61.0 Å². The predicted molar refractivity (Wildman–Crippen MR) is 136 cm³/mol. The monoisotopic (exact) mass is 540 g/mol. The second-order valence-corrected chi connectivity index (χ2v) is 8.09. The van der Waals surface area contributed by atoms with Gasteiger partial charge >= 0.3 is 5.97 Å². The average Bonchev–Trinajstić information content (AvgIpc) is 2.88. The van der Waals surface area contributed by atoms with Gasteiger partial charge in [-0.3, -0.25) is 4.79 Å². The number of nitrogens with zero attached hydrogens (tertiary/aromatic N) is 1. The Morgan fingerprint density at radius 3 is 2.43 bits per heavy atom. The number of hydrogen-bond acceptors (Lipinski definition) is 7. The molecule has 9 heteroatoms. The molecule has 0 fully saturated rings. The highest BCUT2D eigenvalue weighted by molar-refractivity contribution is 9.10. The van der Waals surface area contributed by atoms with Crippen molar-refractivity contribution in [2.45, 2.75) is 13.3 Å². The van der Waals surface area contributed by atoms with Crippen molar-refractivity contribution in [3.63, 3.8) is 0 Å². The van der Waals surface area contributed by atoms with Crippen LogP contribution < -0.4 is 24.4 Å². The number of benzene rings is 3. The molecular formula is C26H25BrN2O6. The molecule has 182 valence electrons. The third-order valence-electron chi connectivity index (χ3n) is 4.56. The topological polar surface area (TPSA) is 95.5 Å². The van der Waals surface area contributed by atoms with Crippen LogP contribution in [-0.4, -0.2) is 38.4 Å². The van der Waals surface area contributed by atoms with E-state index in [0.29, 0.717) is 35.0 Å². The van der Waals surface area contributed by atoms with Crippen molar-refractivity contribution < 1.29 is 28.5 Å². The Labute approximate surface area is 212 Å². The van der Waals surface area contributed by atoms with E-state index in [1.807, 2.05) is 6.92 Å². The highest BCUT2D eigenvalue weighted by Gasteiger charge is 2.12. The first-order valence-electron chi connectivity index (χ1n) is 10.8. The number of rotatable bonds is 11. The van der Waals surface area contributed by atoms with E-state index < -0.39 is 11.9 Å². The summed E-state index contributed by atoms with van der Waals surface area (Å²) in [5.74, 6) is 0.940. The molecule has 1 amide bonds. The van der Waals surface area contributed by atoms with E-state index >= 15 is 0 Å². The lowest BCUT2D eigenvalue weighted by molar-refractivity contribution is -0.123. The summed E-state index contributed by atoms with van der Waals surface area (Å²) in [5, 5.41) is 3.95. The van der Waals surface area contributed by atoms with Crippen molar-refractivity contribution in [3.8, 4) is 23.0 Å². The van der Waals surface area contributed by atoms with Crippen molar-refractivity contribution in [1.29, 1.82) is 0 Å². The SMILES string of the molecule is CCCOc1ccc(C(=O)Oc2ccc(Br)cc2/C=N/NC(=O)COc2ccccc2OC)cc1. The summed E-state index contributed by atoms with van der Waals surface area (Å²) in [6, 6.07) is 18.8. The minimum Gasteiger partial charge on any atom is -0.494 e. The Morgan fingerprint density at radius 1 is 0.971 bits per heavy atom. The summed E-state index contributed by atoms with van der Waals surface area (Å²) in [4.78, 5) is 24.7. The van der Waals surface area contributed by atoms with Gasteiger partial charge < -0.3 is 18.9 Å². The highest BCUT2D eigenvalue weighted by atomic mass is 79.9. The molecule has 0 radical (unpaired) electrons. The lowest BCUT2D eigenvalue weighted by Gasteiger charge is -2.10. The van der Waals surface area contributed by atoms with Crippen LogP contribution in [0.2, 0.25) is 0 Å². The number of hydrogen-bond donors (Lipinski definition) is 1. The van der Waals surface area contributed by atoms with Crippen LogP contribution in [0.15, 0.2) is 76.3 Å². The Morgan fingerprint density at radius 2 is 1.71 bits per heavy atom. The largest absolute Gasteiger partial charge is 0.494 e. The van der Waals surface area contributed by atoms with Gasteiger partial charge in [0.15, 0.2) is 18.1 Å². The van der Waals surface area contributed by atoms with Crippen molar-refractivity contribution in [1.82, 2.24) is 5.43 Å². The highest BCUT2D eigenvalue weighted by Crippen LogP contribution is 2.26. The number of amides is 1. The Hall–Kier alpha value is -3.85. The molecule has 3 rings (SSSR count). The third kappa shape index (κ3) is 7.86. The van der Waals surface area contributed by atoms with Gasteiger partial charge in [-0.1, -0.05) is 35.0 Å². The molecule has 3 aromatic rings. The van der Waals surface area contributed by atoms with Crippen LogP contribution in [-0.2, 0) is 4.79 Å². The number of esters is 1. The number of carbonyl (C=O) groups excluding carboxylic acids is 2. The van der Waals surface area contributed by atoms with E-state index in [-0.39, 0.29) is 12.4 Å². The zero-order chi connectivity index (χ0) is 25.0. The zero-order valence-corrected chi connectivity index (χ0v) is 20.9. The Kier molecular flexibility index (Phi) is 9.68. The van der Waals surface area contributed by atoms with Crippen LogP contribution in [0.25, 0.3) is 0 Å². The van der Waals surface area contributed by atoms with Crippen LogP contribution in [0.3, 0.4) is 0 Å². The quantitative estimate of drug-likeness (QED) is 0.159. The molecule has 0 spiro atoms. The van der Waals surface area contributed by atoms with E-state index in [1.54, 1.807) is 66.7 Å². The molecule has 0 unspecified atom stereocenters. The molecule has 0 atom stereocenters. The lowest BCUT2D eigenvalue weighted by Crippen LogP contribution is -2.24. The van der Waals surface area contributed by atoms with Crippen LogP contribution in [0.4, 0.5) is 0 Å². The van der Waals surface area contributed by atoms with Gasteiger partial charge in [0.05, 0.1) is 25.5 Å². The minimum atomic E-state index is -0.529. The van der Waals surface area contributed by atoms with Gasteiger partial charge in [-0.2, -0.15) is 5.10 Å². The van der Waals surface area contributed by atoms with E-state index in [4.69, 9.17) is 18.9 Å². The normalized spacial score (nSPS) is 10.6. The molecule has 0 aromatic heterocycles. The third-order valence-corrected chi connectivity index (χ3v) is 5.05. The summed E-state index contributed by atoms with van der Waals surface area (Å²) in [7, 11) is 1.52. The summed E-state index contributed by atoms with van der Waals surface area (Å²) >= 11 is 3.39. The minimum absolute atomic E-state index is 0.254. The van der Waals surface area contributed by atoms with Gasteiger partial charge in [-0.15, -0.1) is 0 Å². The number of hydrazone groups is 1. The maximum atomic E-state index is 12.6. The summed E-state index contributed by atoms with van der Waals surface area (Å²) in [6.07, 6.45) is 2.28. The number of ether oxygens (including phenoxy) is 4. The molecule has 0 saturated heterocycles. The van der Waals surface area contributed by atoms with E-state index in [9.17, 15) is 9.59 Å². The average molecular weight is 541 g/mol. The first kappa shape index (κ1) is 25.8.